The van der Waals surface area contributed by atoms with Gasteiger partial charge in [-0.25, -0.2) is 8.42 Å². The molecule has 3 rings (SSSR count). The highest BCUT2D eigenvalue weighted by atomic mass is 79.9. The Morgan fingerprint density at radius 3 is 2.11 bits per heavy atom. The average molecular weight is 593 g/mol. The Morgan fingerprint density at radius 2 is 1.56 bits per heavy atom. The van der Waals surface area contributed by atoms with Gasteiger partial charge in [-0.15, -0.1) is 0 Å². The molecular formula is C26H27BrClN3O4S. The normalized spacial score (nSPS) is 12.0. The van der Waals surface area contributed by atoms with Crippen LogP contribution in [-0.2, 0) is 32.6 Å². The molecule has 10 heteroatoms. The Balaban J connectivity index is 2.00. The number of nitrogens with zero attached hydrogens (tertiary/aromatic N) is 2. The van der Waals surface area contributed by atoms with Crippen LogP contribution in [0.2, 0.25) is 5.02 Å². The number of halogens is 2. The lowest BCUT2D eigenvalue weighted by atomic mass is 10.0. The lowest BCUT2D eigenvalue weighted by Crippen LogP contribution is -2.52. The molecule has 1 atom stereocenters. The summed E-state index contributed by atoms with van der Waals surface area (Å²) >= 11 is 9.37. The average Bonchev–Trinajstić information content (AvgIpc) is 2.86. The molecule has 7 nitrogen and oxygen atoms in total. The van der Waals surface area contributed by atoms with E-state index < -0.39 is 28.5 Å². The van der Waals surface area contributed by atoms with Gasteiger partial charge in [0.05, 0.1) is 11.9 Å². The van der Waals surface area contributed by atoms with Crippen molar-refractivity contribution in [3.8, 4) is 0 Å². The summed E-state index contributed by atoms with van der Waals surface area (Å²) in [7, 11) is -2.30. The predicted molar refractivity (Wildman–Crippen MR) is 146 cm³/mol. The van der Waals surface area contributed by atoms with Crippen molar-refractivity contribution in [2.24, 2.45) is 0 Å². The molecule has 0 heterocycles. The van der Waals surface area contributed by atoms with Crippen LogP contribution in [0.3, 0.4) is 0 Å². The van der Waals surface area contributed by atoms with E-state index in [1.54, 1.807) is 12.1 Å². The molecule has 0 aliphatic carbocycles. The molecule has 0 spiro atoms. The van der Waals surface area contributed by atoms with E-state index in [0.29, 0.717) is 10.7 Å². The molecule has 0 aliphatic rings. The summed E-state index contributed by atoms with van der Waals surface area (Å²) in [5, 5.41) is 3.09. The van der Waals surface area contributed by atoms with E-state index >= 15 is 0 Å². The van der Waals surface area contributed by atoms with Gasteiger partial charge in [0, 0.05) is 29.5 Å². The van der Waals surface area contributed by atoms with Crippen molar-refractivity contribution in [1.29, 1.82) is 0 Å². The van der Waals surface area contributed by atoms with Crippen LogP contribution in [0.25, 0.3) is 0 Å². The molecule has 0 aromatic heterocycles. The quantitative estimate of drug-likeness (QED) is 0.381. The minimum absolute atomic E-state index is 0.120. The maximum Gasteiger partial charge on any atom is 0.244 e. The predicted octanol–water partition coefficient (Wildman–Crippen LogP) is 4.25. The summed E-state index contributed by atoms with van der Waals surface area (Å²) in [6, 6.07) is 22.1. The molecule has 0 saturated heterocycles. The van der Waals surface area contributed by atoms with Crippen LogP contribution in [0.15, 0.2) is 83.3 Å². The monoisotopic (exact) mass is 591 g/mol. The van der Waals surface area contributed by atoms with Crippen molar-refractivity contribution in [3.05, 3.63) is 99.5 Å². The van der Waals surface area contributed by atoms with Crippen molar-refractivity contribution in [2.45, 2.75) is 19.0 Å². The number of carbonyl (C=O) groups excluding carboxylic acids is 2. The third-order valence-corrected chi connectivity index (χ3v) is 7.50. The van der Waals surface area contributed by atoms with Gasteiger partial charge in [0.15, 0.2) is 0 Å². The molecule has 3 aromatic rings. The summed E-state index contributed by atoms with van der Waals surface area (Å²) in [4.78, 5) is 28.2. The molecule has 1 N–H and O–H groups in total. The summed E-state index contributed by atoms with van der Waals surface area (Å²) in [6.45, 7) is -0.353. The molecule has 0 bridgehead atoms. The Hall–Kier alpha value is -2.88. The third kappa shape index (κ3) is 7.56. The number of likely N-dealkylation sites (N-methyl/N-ethyl adjacent to an activating group) is 1. The van der Waals surface area contributed by atoms with Crippen LogP contribution in [-0.4, -0.2) is 51.0 Å². The highest BCUT2D eigenvalue weighted by Gasteiger charge is 2.32. The highest BCUT2D eigenvalue weighted by Crippen LogP contribution is 2.22. The standard InChI is InChI=1S/C26H27BrClN3O4S/c1-29-26(33)24(16-19-6-4-3-5-7-19)30(17-20-8-10-21(27)11-9-20)25(32)18-31(36(2,34)35)23-14-12-22(28)13-15-23/h3-15,24H,16-18H2,1-2H3,(H,29,33)/t24-/m1/s1. The number of anilines is 1. The van der Waals surface area contributed by atoms with Gasteiger partial charge < -0.3 is 10.2 Å². The first-order valence-electron chi connectivity index (χ1n) is 11.1. The van der Waals surface area contributed by atoms with E-state index in [1.807, 2.05) is 54.6 Å². The number of hydrogen-bond donors (Lipinski definition) is 1. The summed E-state index contributed by atoms with van der Waals surface area (Å²) in [5.74, 6) is -0.857. The van der Waals surface area contributed by atoms with Crippen LogP contribution in [0.5, 0.6) is 0 Å². The number of carbonyl (C=O) groups is 2. The highest BCUT2D eigenvalue weighted by molar-refractivity contribution is 9.10. The summed E-state index contributed by atoms with van der Waals surface area (Å²) in [6.07, 6.45) is 1.30. The number of amides is 2. The van der Waals surface area contributed by atoms with E-state index in [-0.39, 0.29) is 18.9 Å². The minimum atomic E-state index is -3.81. The van der Waals surface area contributed by atoms with Crippen molar-refractivity contribution < 1.29 is 18.0 Å². The van der Waals surface area contributed by atoms with Crippen LogP contribution in [0, 0.1) is 0 Å². The van der Waals surface area contributed by atoms with Gasteiger partial charge in [0.25, 0.3) is 0 Å². The van der Waals surface area contributed by atoms with Crippen molar-refractivity contribution in [3.63, 3.8) is 0 Å². The van der Waals surface area contributed by atoms with E-state index in [2.05, 4.69) is 21.2 Å². The Morgan fingerprint density at radius 1 is 0.944 bits per heavy atom. The molecular weight excluding hydrogens is 566 g/mol. The van der Waals surface area contributed by atoms with Gasteiger partial charge in [-0.1, -0.05) is 70.0 Å². The second-order valence-electron chi connectivity index (χ2n) is 8.21. The van der Waals surface area contributed by atoms with E-state index in [1.165, 1.54) is 24.1 Å². The SMILES string of the molecule is CNC(=O)[C@@H](Cc1ccccc1)N(Cc1ccc(Br)cc1)C(=O)CN(c1ccc(Cl)cc1)S(C)(=O)=O. The zero-order valence-electron chi connectivity index (χ0n) is 19.9. The first-order valence-corrected chi connectivity index (χ1v) is 14.1. The lowest BCUT2D eigenvalue weighted by Gasteiger charge is -2.33. The fourth-order valence-corrected chi connectivity index (χ4v) is 4.97. The fraction of sp³-hybridized carbons (Fsp3) is 0.231. The lowest BCUT2D eigenvalue weighted by molar-refractivity contribution is -0.139. The second-order valence-corrected chi connectivity index (χ2v) is 11.5. The van der Waals surface area contributed by atoms with Crippen molar-refractivity contribution in [1.82, 2.24) is 10.2 Å². The van der Waals surface area contributed by atoms with E-state index in [0.717, 1.165) is 26.2 Å². The van der Waals surface area contributed by atoms with Crippen LogP contribution < -0.4 is 9.62 Å². The number of rotatable bonds is 10. The molecule has 0 unspecified atom stereocenters. The molecule has 3 aromatic carbocycles. The van der Waals surface area contributed by atoms with Gasteiger partial charge in [0.2, 0.25) is 21.8 Å². The maximum atomic E-state index is 13.8. The largest absolute Gasteiger partial charge is 0.357 e. The molecule has 0 radical (unpaired) electrons. The van der Waals surface area contributed by atoms with Gasteiger partial charge in [-0.2, -0.15) is 0 Å². The Kier molecular flexibility index (Phi) is 9.53. The summed E-state index contributed by atoms with van der Waals surface area (Å²) < 4.78 is 27.2. The van der Waals surface area contributed by atoms with Crippen LogP contribution in [0.1, 0.15) is 11.1 Å². The molecule has 36 heavy (non-hydrogen) atoms. The molecule has 2 amide bonds. The Labute approximate surface area is 225 Å². The summed E-state index contributed by atoms with van der Waals surface area (Å²) in [5.41, 5.74) is 1.97. The number of sulfonamides is 1. The van der Waals surface area contributed by atoms with Crippen molar-refractivity contribution in [2.75, 3.05) is 24.2 Å². The van der Waals surface area contributed by atoms with Gasteiger partial charge in [0.1, 0.15) is 12.6 Å². The van der Waals surface area contributed by atoms with Gasteiger partial charge in [-0.3, -0.25) is 13.9 Å². The zero-order chi connectivity index (χ0) is 26.3. The van der Waals surface area contributed by atoms with E-state index in [4.69, 9.17) is 11.6 Å². The molecule has 190 valence electrons. The number of hydrogen-bond acceptors (Lipinski definition) is 4. The smallest absolute Gasteiger partial charge is 0.244 e. The molecule has 0 aliphatic heterocycles. The minimum Gasteiger partial charge on any atom is -0.357 e. The van der Waals surface area contributed by atoms with Crippen LogP contribution >= 0.6 is 27.5 Å². The maximum absolute atomic E-state index is 13.8. The zero-order valence-corrected chi connectivity index (χ0v) is 23.1. The first-order chi connectivity index (χ1) is 17.1. The fourth-order valence-electron chi connectivity index (χ4n) is 3.73. The molecule has 0 saturated carbocycles. The Bertz CT molecular complexity index is 1290. The van der Waals surface area contributed by atoms with Crippen molar-refractivity contribution >= 4 is 55.1 Å². The number of nitrogens with one attached hydrogen (secondary N) is 1. The third-order valence-electron chi connectivity index (χ3n) is 5.58. The van der Waals surface area contributed by atoms with Gasteiger partial charge in [-0.05, 0) is 47.5 Å². The second kappa shape index (κ2) is 12.4. The van der Waals surface area contributed by atoms with E-state index in [9.17, 15) is 18.0 Å². The van der Waals surface area contributed by atoms with Gasteiger partial charge >= 0.3 is 0 Å². The molecule has 0 fully saturated rings. The van der Waals surface area contributed by atoms with Crippen LogP contribution in [0.4, 0.5) is 5.69 Å². The first kappa shape index (κ1) is 27.7. The topological polar surface area (TPSA) is 86.8 Å². The number of benzene rings is 3.